The zero-order chi connectivity index (χ0) is 25.9. The van der Waals surface area contributed by atoms with Crippen molar-refractivity contribution < 1.29 is 28.5 Å². The van der Waals surface area contributed by atoms with Gasteiger partial charge in [0.1, 0.15) is 11.5 Å². The average Bonchev–Trinajstić information content (AvgIpc) is 2.89. The zero-order valence-electron chi connectivity index (χ0n) is 20.9. The standard InChI is InChI=1S/C29H29NO6/c1-5-33-26-17-22(18-27(34-6-2)28(26)35-7-3)29(31)36-25-10-8-9-20(16-25)15-23(19-30)21-11-13-24(32-4)14-12-21/h8-18H,5-7H2,1-4H3/b23-15-. The van der Waals surface area contributed by atoms with Gasteiger partial charge in [0.25, 0.3) is 0 Å². The molecule has 0 saturated carbocycles. The number of hydrogen-bond donors (Lipinski definition) is 0. The summed E-state index contributed by atoms with van der Waals surface area (Å²) < 4.78 is 27.9. The molecule has 186 valence electrons. The van der Waals surface area contributed by atoms with Gasteiger partial charge in [-0.15, -0.1) is 0 Å². The maximum absolute atomic E-state index is 13.0. The van der Waals surface area contributed by atoms with Gasteiger partial charge in [-0.25, -0.2) is 4.79 Å². The van der Waals surface area contributed by atoms with E-state index in [0.29, 0.717) is 59.7 Å². The fraction of sp³-hybridized carbons (Fsp3) is 0.241. The Kier molecular flexibility index (Phi) is 9.35. The van der Waals surface area contributed by atoms with Gasteiger partial charge in [0.2, 0.25) is 5.75 Å². The van der Waals surface area contributed by atoms with Crippen LogP contribution in [0, 0.1) is 11.3 Å². The highest BCUT2D eigenvalue weighted by molar-refractivity contribution is 5.93. The van der Waals surface area contributed by atoms with Crippen molar-refractivity contribution in [1.29, 1.82) is 5.26 Å². The topological polar surface area (TPSA) is 87.0 Å². The minimum atomic E-state index is -0.572. The Labute approximate surface area is 211 Å². The van der Waals surface area contributed by atoms with E-state index in [1.165, 1.54) is 0 Å². The predicted molar refractivity (Wildman–Crippen MR) is 138 cm³/mol. The van der Waals surface area contributed by atoms with Gasteiger partial charge in [0.05, 0.1) is 44.1 Å². The second-order valence-corrected chi connectivity index (χ2v) is 7.46. The van der Waals surface area contributed by atoms with E-state index in [9.17, 15) is 10.1 Å². The van der Waals surface area contributed by atoms with E-state index in [0.717, 1.165) is 5.56 Å². The predicted octanol–water partition coefficient (Wildman–Crippen LogP) is 6.17. The molecule has 7 nitrogen and oxygen atoms in total. The van der Waals surface area contributed by atoms with Crippen LogP contribution in [0.2, 0.25) is 0 Å². The molecular formula is C29H29NO6. The van der Waals surface area contributed by atoms with Crippen molar-refractivity contribution in [3.8, 4) is 34.8 Å². The van der Waals surface area contributed by atoms with Crippen LogP contribution in [-0.2, 0) is 0 Å². The largest absolute Gasteiger partial charge is 0.497 e. The Balaban J connectivity index is 1.87. The van der Waals surface area contributed by atoms with Crippen LogP contribution in [0.15, 0.2) is 60.7 Å². The highest BCUT2D eigenvalue weighted by Crippen LogP contribution is 2.39. The van der Waals surface area contributed by atoms with Crippen LogP contribution in [0.25, 0.3) is 11.6 Å². The summed E-state index contributed by atoms with van der Waals surface area (Å²) in [6.45, 7) is 6.78. The average molecular weight is 488 g/mol. The summed E-state index contributed by atoms with van der Waals surface area (Å²) in [6, 6.07) is 19.6. The molecule has 0 amide bonds. The van der Waals surface area contributed by atoms with E-state index in [2.05, 4.69) is 6.07 Å². The molecule has 0 unspecified atom stereocenters. The molecule has 0 radical (unpaired) electrons. The van der Waals surface area contributed by atoms with E-state index in [4.69, 9.17) is 23.7 Å². The smallest absolute Gasteiger partial charge is 0.343 e. The Morgan fingerprint density at radius 2 is 1.47 bits per heavy atom. The summed E-state index contributed by atoms with van der Waals surface area (Å²) in [5, 5.41) is 9.66. The third-order valence-corrected chi connectivity index (χ3v) is 5.05. The van der Waals surface area contributed by atoms with Crippen LogP contribution in [0.5, 0.6) is 28.7 Å². The molecule has 3 aromatic carbocycles. The van der Waals surface area contributed by atoms with Gasteiger partial charge in [-0.05, 0) is 86.5 Å². The molecule has 0 aliphatic carbocycles. The van der Waals surface area contributed by atoms with Crippen molar-refractivity contribution in [3.05, 3.63) is 77.4 Å². The molecule has 0 bridgehead atoms. The van der Waals surface area contributed by atoms with Gasteiger partial charge in [-0.3, -0.25) is 0 Å². The number of carbonyl (C=O) groups excluding carboxylic acids is 1. The first-order valence-electron chi connectivity index (χ1n) is 11.7. The summed E-state index contributed by atoms with van der Waals surface area (Å²) >= 11 is 0. The maximum Gasteiger partial charge on any atom is 0.343 e. The first-order chi connectivity index (χ1) is 17.5. The Morgan fingerprint density at radius 3 is 2.03 bits per heavy atom. The summed E-state index contributed by atoms with van der Waals surface area (Å²) in [5.74, 6) is 1.74. The molecule has 3 rings (SSSR count). The minimum Gasteiger partial charge on any atom is -0.497 e. The molecule has 0 aliphatic rings. The normalized spacial score (nSPS) is 10.8. The fourth-order valence-corrected chi connectivity index (χ4v) is 3.46. The number of allylic oxidation sites excluding steroid dienone is 1. The number of rotatable bonds is 11. The molecular weight excluding hydrogens is 458 g/mol. The number of nitrogens with zero attached hydrogens (tertiary/aromatic N) is 1. The Bertz CT molecular complexity index is 1230. The number of benzene rings is 3. The lowest BCUT2D eigenvalue weighted by atomic mass is 10.0. The van der Waals surface area contributed by atoms with Gasteiger partial charge in [0.15, 0.2) is 11.5 Å². The fourth-order valence-electron chi connectivity index (χ4n) is 3.46. The van der Waals surface area contributed by atoms with Gasteiger partial charge in [0, 0.05) is 0 Å². The number of carbonyl (C=O) groups is 1. The number of methoxy groups -OCH3 is 1. The monoisotopic (exact) mass is 487 g/mol. The van der Waals surface area contributed by atoms with Crippen LogP contribution >= 0.6 is 0 Å². The molecule has 0 N–H and O–H groups in total. The van der Waals surface area contributed by atoms with E-state index in [1.54, 1.807) is 55.7 Å². The van der Waals surface area contributed by atoms with Crippen LogP contribution < -0.4 is 23.7 Å². The summed E-state index contributed by atoms with van der Waals surface area (Å²) in [6.07, 6.45) is 1.73. The van der Waals surface area contributed by atoms with Gasteiger partial charge >= 0.3 is 5.97 Å². The highest BCUT2D eigenvalue weighted by atomic mass is 16.5. The van der Waals surface area contributed by atoms with E-state index in [1.807, 2.05) is 39.0 Å². The third-order valence-electron chi connectivity index (χ3n) is 5.05. The van der Waals surface area contributed by atoms with Gasteiger partial charge < -0.3 is 23.7 Å². The molecule has 0 atom stereocenters. The van der Waals surface area contributed by atoms with E-state index >= 15 is 0 Å². The number of esters is 1. The third kappa shape index (κ3) is 6.57. The molecule has 3 aromatic rings. The summed E-state index contributed by atoms with van der Waals surface area (Å²) in [7, 11) is 1.59. The molecule has 0 spiro atoms. The lowest BCUT2D eigenvalue weighted by Gasteiger charge is -2.16. The van der Waals surface area contributed by atoms with Crippen molar-refractivity contribution in [3.63, 3.8) is 0 Å². The van der Waals surface area contributed by atoms with Crippen molar-refractivity contribution in [2.75, 3.05) is 26.9 Å². The van der Waals surface area contributed by atoms with E-state index < -0.39 is 5.97 Å². The SMILES string of the molecule is CCOc1cc(C(=O)Oc2cccc(/C=C(/C#N)c3ccc(OC)cc3)c2)cc(OCC)c1OCC. The highest BCUT2D eigenvalue weighted by Gasteiger charge is 2.19. The first-order valence-corrected chi connectivity index (χ1v) is 11.7. The molecule has 7 heteroatoms. The second kappa shape index (κ2) is 12.9. The number of nitriles is 1. The number of ether oxygens (including phenoxy) is 5. The van der Waals surface area contributed by atoms with Crippen molar-refractivity contribution >= 4 is 17.6 Å². The molecule has 0 aromatic heterocycles. The van der Waals surface area contributed by atoms with Gasteiger partial charge in [-0.2, -0.15) is 5.26 Å². The van der Waals surface area contributed by atoms with Crippen LogP contribution in [0.3, 0.4) is 0 Å². The van der Waals surface area contributed by atoms with Crippen molar-refractivity contribution in [2.45, 2.75) is 20.8 Å². The zero-order valence-corrected chi connectivity index (χ0v) is 20.9. The van der Waals surface area contributed by atoms with Crippen LogP contribution in [0.4, 0.5) is 0 Å². The molecule has 0 saturated heterocycles. The van der Waals surface area contributed by atoms with Gasteiger partial charge in [-0.1, -0.05) is 12.1 Å². The first kappa shape index (κ1) is 26.2. The summed E-state index contributed by atoms with van der Waals surface area (Å²) in [4.78, 5) is 13.0. The molecule has 0 fully saturated rings. The minimum absolute atomic E-state index is 0.266. The molecule has 36 heavy (non-hydrogen) atoms. The van der Waals surface area contributed by atoms with Crippen molar-refractivity contribution in [2.24, 2.45) is 0 Å². The lowest BCUT2D eigenvalue weighted by molar-refractivity contribution is 0.0733. The quantitative estimate of drug-likeness (QED) is 0.138. The van der Waals surface area contributed by atoms with Crippen LogP contribution in [0.1, 0.15) is 42.3 Å². The Hall–Kier alpha value is -4.44. The number of hydrogen-bond acceptors (Lipinski definition) is 7. The second-order valence-electron chi connectivity index (χ2n) is 7.46. The molecule has 0 heterocycles. The Morgan fingerprint density at radius 1 is 0.833 bits per heavy atom. The van der Waals surface area contributed by atoms with E-state index in [-0.39, 0.29) is 5.56 Å². The van der Waals surface area contributed by atoms with Crippen molar-refractivity contribution in [1.82, 2.24) is 0 Å². The van der Waals surface area contributed by atoms with Crippen LogP contribution in [-0.4, -0.2) is 32.9 Å². The maximum atomic E-state index is 13.0. The lowest BCUT2D eigenvalue weighted by Crippen LogP contribution is -2.11. The summed E-state index contributed by atoms with van der Waals surface area (Å²) in [5.41, 5.74) is 2.20. The molecule has 0 aliphatic heterocycles.